The number of nitriles is 1. The highest BCUT2D eigenvalue weighted by Crippen LogP contribution is 2.48. The third kappa shape index (κ3) is 4.97. The molecule has 2 aromatic carbocycles. The normalized spacial score (nSPS) is 21.6. The highest BCUT2D eigenvalue weighted by molar-refractivity contribution is 5.95. The van der Waals surface area contributed by atoms with Crippen LogP contribution in [0.4, 0.5) is 0 Å². The van der Waals surface area contributed by atoms with E-state index in [0.717, 1.165) is 35.1 Å². The van der Waals surface area contributed by atoms with Crippen LogP contribution in [0.25, 0.3) is 0 Å². The van der Waals surface area contributed by atoms with Crippen molar-refractivity contribution in [3.05, 3.63) is 86.2 Å². The minimum atomic E-state index is -1.06. The molecule has 0 bridgehead atoms. The smallest absolute Gasteiger partial charge is 0.355 e. The van der Waals surface area contributed by atoms with Gasteiger partial charge in [-0.25, -0.2) is 9.95 Å². The molecule has 1 aliphatic heterocycles. The molecule has 1 unspecified atom stereocenters. The lowest BCUT2D eigenvalue weighted by atomic mass is 9.67. The molecule has 2 fully saturated rings. The Morgan fingerprint density at radius 3 is 2.20 bits per heavy atom. The Hall–Kier alpha value is -4.76. The Kier molecular flexibility index (Phi) is 7.59. The topological polar surface area (TPSA) is 173 Å². The summed E-state index contributed by atoms with van der Waals surface area (Å²) in [6, 6.07) is 12.7. The predicted molar refractivity (Wildman–Crippen MR) is 159 cm³/mol. The van der Waals surface area contributed by atoms with E-state index in [-0.39, 0.29) is 48.2 Å². The Balaban J connectivity index is 1.43. The standard InChI is InChI=1S/C32H35N7O5/c1-17(36-16-27(40)39-23(15-33)12-22-13-26(22)39)14-32(30-37-31(43)44-38-30)24-8-6-20(28(41)34-2)10-18(24)4-5-19-11-21(29(42)35-3)7-9-25(19)32/h6-11,17,22-23,26,36H,4-5,12-14,16H2,1-3H3,(H,34,41)(H,35,42)(H,37,38,43)/t17-,22-,23?,26+/m1/s1. The van der Waals surface area contributed by atoms with Crippen molar-refractivity contribution < 1.29 is 18.9 Å². The minimum absolute atomic E-state index is 0.0545. The average Bonchev–Trinajstić information content (AvgIpc) is 3.53. The van der Waals surface area contributed by atoms with Crippen LogP contribution in [-0.2, 0) is 23.1 Å². The monoisotopic (exact) mass is 597 g/mol. The van der Waals surface area contributed by atoms with Gasteiger partial charge in [0.25, 0.3) is 11.8 Å². The maximum Gasteiger partial charge on any atom is 0.459 e. The Morgan fingerprint density at radius 2 is 1.68 bits per heavy atom. The highest BCUT2D eigenvalue weighted by atomic mass is 16.5. The van der Waals surface area contributed by atoms with Crippen LogP contribution in [0.15, 0.2) is 45.7 Å². The van der Waals surface area contributed by atoms with Crippen molar-refractivity contribution in [2.75, 3.05) is 20.6 Å². The highest BCUT2D eigenvalue weighted by Gasteiger charge is 2.54. The van der Waals surface area contributed by atoms with E-state index in [2.05, 4.69) is 32.2 Å². The van der Waals surface area contributed by atoms with Crippen LogP contribution in [0.3, 0.4) is 0 Å². The van der Waals surface area contributed by atoms with Gasteiger partial charge < -0.3 is 25.4 Å². The van der Waals surface area contributed by atoms with E-state index < -0.39 is 11.2 Å². The molecule has 44 heavy (non-hydrogen) atoms. The van der Waals surface area contributed by atoms with Gasteiger partial charge in [-0.1, -0.05) is 12.1 Å². The summed E-state index contributed by atoms with van der Waals surface area (Å²) in [7, 11) is 3.15. The first kappa shape index (κ1) is 29.3. The number of fused-ring (bicyclic) bond motifs is 3. The number of nitrogens with one attached hydrogen (secondary N) is 4. The van der Waals surface area contributed by atoms with Gasteiger partial charge in [0.05, 0.1) is 18.0 Å². The number of hydrogen-bond acceptors (Lipinski definition) is 8. The first-order chi connectivity index (χ1) is 21.2. The van der Waals surface area contributed by atoms with Gasteiger partial charge in [-0.3, -0.25) is 14.4 Å². The van der Waals surface area contributed by atoms with Gasteiger partial charge in [0.15, 0.2) is 5.82 Å². The summed E-state index contributed by atoms with van der Waals surface area (Å²) in [5.41, 5.74) is 3.40. The molecule has 3 aliphatic rings. The summed E-state index contributed by atoms with van der Waals surface area (Å²) >= 11 is 0. The molecule has 0 spiro atoms. The van der Waals surface area contributed by atoms with E-state index in [1.807, 2.05) is 31.2 Å². The number of H-pyrrole nitrogens is 1. The number of rotatable bonds is 8. The first-order valence-electron chi connectivity index (χ1n) is 14.9. The van der Waals surface area contributed by atoms with Gasteiger partial charge in [0.2, 0.25) is 5.91 Å². The zero-order chi connectivity index (χ0) is 31.2. The Bertz CT molecular complexity index is 1670. The third-order valence-corrected chi connectivity index (χ3v) is 9.37. The molecular formula is C32H35N7O5. The lowest BCUT2D eigenvalue weighted by Gasteiger charge is -2.37. The molecule has 4 N–H and O–H groups in total. The molecule has 2 heterocycles. The molecule has 3 amide bonds. The van der Waals surface area contributed by atoms with Crippen molar-refractivity contribution in [3.8, 4) is 6.07 Å². The fourth-order valence-electron chi connectivity index (χ4n) is 7.22. The molecule has 228 valence electrons. The zero-order valence-corrected chi connectivity index (χ0v) is 24.9. The molecule has 0 radical (unpaired) electrons. The van der Waals surface area contributed by atoms with Crippen molar-refractivity contribution in [1.82, 2.24) is 31.0 Å². The van der Waals surface area contributed by atoms with E-state index >= 15 is 0 Å². The number of likely N-dealkylation sites (tertiary alicyclic amines) is 1. The fraction of sp³-hybridized carbons (Fsp3) is 0.438. The van der Waals surface area contributed by atoms with Crippen molar-refractivity contribution in [2.24, 2.45) is 5.92 Å². The molecule has 4 atom stereocenters. The van der Waals surface area contributed by atoms with Crippen molar-refractivity contribution in [2.45, 2.75) is 62.6 Å². The molecule has 6 rings (SSSR count). The lowest BCUT2D eigenvalue weighted by Crippen LogP contribution is -2.46. The largest absolute Gasteiger partial charge is 0.459 e. The van der Waals surface area contributed by atoms with Crippen LogP contribution in [0.1, 0.15) is 75.0 Å². The van der Waals surface area contributed by atoms with Gasteiger partial charge in [0, 0.05) is 37.3 Å². The minimum Gasteiger partial charge on any atom is -0.355 e. The van der Waals surface area contributed by atoms with E-state index in [9.17, 15) is 24.4 Å². The lowest BCUT2D eigenvalue weighted by molar-refractivity contribution is -0.131. The molecular weight excluding hydrogens is 562 g/mol. The molecule has 12 nitrogen and oxygen atoms in total. The van der Waals surface area contributed by atoms with E-state index in [1.54, 1.807) is 31.1 Å². The predicted octanol–water partition coefficient (Wildman–Crippen LogP) is 1.40. The number of aromatic nitrogens is 2. The summed E-state index contributed by atoms with van der Waals surface area (Å²) in [6.45, 7) is 2.01. The second kappa shape index (κ2) is 11.4. The molecule has 3 aromatic rings. The zero-order valence-electron chi connectivity index (χ0n) is 24.9. The average molecular weight is 598 g/mol. The Labute approximate surface area is 254 Å². The first-order valence-corrected chi connectivity index (χ1v) is 14.9. The molecule has 1 saturated carbocycles. The third-order valence-electron chi connectivity index (χ3n) is 9.37. The maximum absolute atomic E-state index is 13.3. The van der Waals surface area contributed by atoms with Crippen molar-refractivity contribution in [3.63, 3.8) is 0 Å². The van der Waals surface area contributed by atoms with Gasteiger partial charge >= 0.3 is 5.76 Å². The van der Waals surface area contributed by atoms with Crippen molar-refractivity contribution >= 4 is 17.7 Å². The second-order valence-corrected chi connectivity index (χ2v) is 12.0. The van der Waals surface area contributed by atoms with Crippen LogP contribution in [-0.4, -0.2) is 71.5 Å². The number of aryl methyl sites for hydroxylation is 2. The number of hydrogen-bond donors (Lipinski definition) is 4. The number of nitrogens with zero attached hydrogens (tertiary/aromatic N) is 3. The Morgan fingerprint density at radius 1 is 1.07 bits per heavy atom. The van der Waals surface area contributed by atoms with Crippen LogP contribution in [0, 0.1) is 17.2 Å². The van der Waals surface area contributed by atoms with Crippen LogP contribution in [0.5, 0.6) is 0 Å². The van der Waals surface area contributed by atoms with Crippen LogP contribution >= 0.6 is 0 Å². The maximum atomic E-state index is 13.3. The van der Waals surface area contributed by atoms with E-state index in [1.165, 1.54) is 0 Å². The molecule has 1 aromatic heterocycles. The van der Waals surface area contributed by atoms with E-state index in [4.69, 9.17) is 4.52 Å². The van der Waals surface area contributed by atoms with Crippen LogP contribution in [0.2, 0.25) is 0 Å². The molecule has 2 aliphatic carbocycles. The quantitative estimate of drug-likeness (QED) is 0.302. The van der Waals surface area contributed by atoms with Gasteiger partial charge in [0.1, 0.15) is 6.04 Å². The summed E-state index contributed by atoms with van der Waals surface area (Å²) in [5.74, 6) is -0.614. The van der Waals surface area contributed by atoms with Gasteiger partial charge in [-0.05, 0) is 91.5 Å². The second-order valence-electron chi connectivity index (χ2n) is 12.0. The number of amides is 3. The van der Waals surface area contributed by atoms with E-state index in [0.29, 0.717) is 36.3 Å². The SMILES string of the molecule is CNC(=O)c1ccc2c(c1)CCc1cc(C(=O)NC)ccc1C2(C[C@@H](C)NCC(=O)N1C(C#N)C[C@@H]2C[C@@H]21)c1nc(=O)o[nH]1. The van der Waals surface area contributed by atoms with Crippen molar-refractivity contribution in [1.29, 1.82) is 5.26 Å². The van der Waals surface area contributed by atoms with Crippen LogP contribution < -0.4 is 21.7 Å². The summed E-state index contributed by atoms with van der Waals surface area (Å²) in [4.78, 5) is 56.9. The fourth-order valence-corrected chi connectivity index (χ4v) is 7.22. The molecule has 1 saturated heterocycles. The molecule has 12 heteroatoms. The summed E-state index contributed by atoms with van der Waals surface area (Å²) in [6.07, 6.45) is 3.18. The number of aromatic amines is 1. The summed E-state index contributed by atoms with van der Waals surface area (Å²) < 4.78 is 5.13. The number of carbonyl (C=O) groups excluding carboxylic acids is 3. The van der Waals surface area contributed by atoms with Gasteiger partial charge in [-0.2, -0.15) is 10.2 Å². The number of piperidine rings is 1. The number of carbonyl (C=O) groups is 3. The number of benzene rings is 2. The summed E-state index contributed by atoms with van der Waals surface area (Å²) in [5, 5.41) is 21.1. The van der Waals surface area contributed by atoms with Gasteiger partial charge in [-0.15, -0.1) is 0 Å².